The molecule has 1 saturated heterocycles. The third kappa shape index (κ3) is 4.32. The molecule has 4 nitrogen and oxygen atoms in total. The van der Waals surface area contributed by atoms with Crippen LogP contribution in [0.1, 0.15) is 48.9 Å². The van der Waals surface area contributed by atoms with Crippen molar-refractivity contribution in [3.05, 3.63) is 58.7 Å². The highest BCUT2D eigenvalue weighted by molar-refractivity contribution is 5.91. The third-order valence-electron chi connectivity index (χ3n) is 5.68. The Balaban J connectivity index is 1.68. The molecule has 1 heterocycles. The van der Waals surface area contributed by atoms with E-state index in [1.165, 1.54) is 27.9 Å². The molecule has 1 fully saturated rings. The van der Waals surface area contributed by atoms with Crippen LogP contribution in [0.3, 0.4) is 0 Å². The van der Waals surface area contributed by atoms with Gasteiger partial charge in [0.05, 0.1) is 0 Å². The van der Waals surface area contributed by atoms with E-state index in [1.807, 2.05) is 4.90 Å². The molecule has 2 aromatic carbocycles. The van der Waals surface area contributed by atoms with E-state index in [1.54, 1.807) is 0 Å². The molecule has 2 amide bonds. The maximum absolute atomic E-state index is 13.0. The minimum absolute atomic E-state index is 0.0167. The Labute approximate surface area is 169 Å². The molecule has 0 radical (unpaired) electrons. The summed E-state index contributed by atoms with van der Waals surface area (Å²) in [5.41, 5.74) is 7.28. The van der Waals surface area contributed by atoms with Gasteiger partial charge in [0.1, 0.15) is 0 Å². The number of carbonyl (C=O) groups excluding carboxylic acids is 1. The molecule has 0 atom stereocenters. The number of carbonyl (C=O) groups is 1. The van der Waals surface area contributed by atoms with Crippen molar-refractivity contribution in [2.75, 3.05) is 36.4 Å². The number of hydrogen-bond donors (Lipinski definition) is 1. The first-order chi connectivity index (χ1) is 13.4. The van der Waals surface area contributed by atoms with Gasteiger partial charge in [0.25, 0.3) is 0 Å². The van der Waals surface area contributed by atoms with E-state index in [0.717, 1.165) is 38.3 Å². The van der Waals surface area contributed by atoms with Crippen molar-refractivity contribution in [1.29, 1.82) is 0 Å². The van der Waals surface area contributed by atoms with Gasteiger partial charge in [0, 0.05) is 37.6 Å². The second-order valence-corrected chi connectivity index (χ2v) is 8.08. The van der Waals surface area contributed by atoms with Gasteiger partial charge in [-0.3, -0.25) is 0 Å². The van der Waals surface area contributed by atoms with Crippen molar-refractivity contribution in [3.8, 4) is 0 Å². The van der Waals surface area contributed by atoms with Crippen LogP contribution in [0.25, 0.3) is 0 Å². The molecule has 0 aliphatic carbocycles. The van der Waals surface area contributed by atoms with E-state index in [9.17, 15) is 4.79 Å². The summed E-state index contributed by atoms with van der Waals surface area (Å²) in [4.78, 5) is 17.3. The third-order valence-corrected chi connectivity index (χ3v) is 5.68. The van der Waals surface area contributed by atoms with Crippen LogP contribution < -0.4 is 10.2 Å². The van der Waals surface area contributed by atoms with Crippen LogP contribution in [0, 0.1) is 13.8 Å². The highest BCUT2D eigenvalue weighted by Crippen LogP contribution is 2.29. The molecule has 1 aliphatic heterocycles. The first kappa shape index (κ1) is 20.2. The van der Waals surface area contributed by atoms with Crippen LogP contribution in [0.15, 0.2) is 36.4 Å². The molecule has 1 aliphatic rings. The number of nitrogens with one attached hydrogen (secondary N) is 1. The summed E-state index contributed by atoms with van der Waals surface area (Å²) >= 11 is 0. The number of benzene rings is 2. The van der Waals surface area contributed by atoms with Crippen molar-refractivity contribution in [2.24, 2.45) is 0 Å². The minimum atomic E-state index is 0.0167. The molecule has 3 rings (SSSR count). The standard InChI is InChI=1S/C24H33N3O/c1-6-20-8-7-9-21(17(2)3)23(20)25-24(28)27-14-12-26(13-15-27)22-11-10-18(4)16-19(22)5/h7-11,16-17H,6,12-15H2,1-5H3,(H,25,28). The lowest BCUT2D eigenvalue weighted by atomic mass is 9.96. The number of nitrogens with zero attached hydrogens (tertiary/aromatic N) is 2. The molecule has 0 aromatic heterocycles. The van der Waals surface area contributed by atoms with Gasteiger partial charge in [0.15, 0.2) is 0 Å². The zero-order chi connectivity index (χ0) is 20.3. The molecular weight excluding hydrogens is 346 g/mol. The van der Waals surface area contributed by atoms with Gasteiger partial charge in [-0.15, -0.1) is 0 Å². The van der Waals surface area contributed by atoms with Crippen molar-refractivity contribution in [3.63, 3.8) is 0 Å². The number of urea groups is 1. The number of anilines is 2. The van der Waals surface area contributed by atoms with E-state index >= 15 is 0 Å². The van der Waals surface area contributed by atoms with Crippen LogP contribution in [-0.2, 0) is 6.42 Å². The Kier molecular flexibility index (Phi) is 6.28. The van der Waals surface area contributed by atoms with Gasteiger partial charge in [-0.05, 0) is 48.9 Å². The summed E-state index contributed by atoms with van der Waals surface area (Å²) in [6.07, 6.45) is 0.913. The molecule has 4 heteroatoms. The molecule has 0 bridgehead atoms. The summed E-state index contributed by atoms with van der Waals surface area (Å²) in [5.74, 6) is 0.378. The zero-order valence-electron chi connectivity index (χ0n) is 17.9. The summed E-state index contributed by atoms with van der Waals surface area (Å²) in [7, 11) is 0. The van der Waals surface area contributed by atoms with Gasteiger partial charge < -0.3 is 15.1 Å². The fraction of sp³-hybridized carbons (Fsp3) is 0.458. The summed E-state index contributed by atoms with van der Waals surface area (Å²) in [6.45, 7) is 14.0. The monoisotopic (exact) mass is 379 g/mol. The topological polar surface area (TPSA) is 35.6 Å². The predicted octanol–water partition coefficient (Wildman–Crippen LogP) is 5.34. The molecule has 1 N–H and O–H groups in total. The summed E-state index contributed by atoms with van der Waals surface area (Å²) in [5, 5.41) is 3.22. The molecule has 2 aromatic rings. The van der Waals surface area contributed by atoms with Crippen molar-refractivity contribution in [2.45, 2.75) is 47.0 Å². The van der Waals surface area contributed by atoms with Gasteiger partial charge in [0.2, 0.25) is 0 Å². The smallest absolute Gasteiger partial charge is 0.321 e. The van der Waals surface area contributed by atoms with Gasteiger partial charge in [-0.1, -0.05) is 56.7 Å². The number of para-hydroxylation sites is 1. The Bertz CT molecular complexity index is 836. The van der Waals surface area contributed by atoms with Crippen molar-refractivity contribution >= 4 is 17.4 Å². The van der Waals surface area contributed by atoms with Crippen molar-refractivity contribution in [1.82, 2.24) is 4.90 Å². The fourth-order valence-corrected chi connectivity index (χ4v) is 4.04. The quantitative estimate of drug-likeness (QED) is 0.778. The Hall–Kier alpha value is -2.49. The lowest BCUT2D eigenvalue weighted by Crippen LogP contribution is -2.50. The lowest BCUT2D eigenvalue weighted by molar-refractivity contribution is 0.208. The normalized spacial score (nSPS) is 14.5. The van der Waals surface area contributed by atoms with E-state index in [-0.39, 0.29) is 6.03 Å². The van der Waals surface area contributed by atoms with Crippen LogP contribution in [0.4, 0.5) is 16.2 Å². The summed E-state index contributed by atoms with van der Waals surface area (Å²) < 4.78 is 0. The van der Waals surface area contributed by atoms with Crippen LogP contribution in [0.2, 0.25) is 0 Å². The highest BCUT2D eigenvalue weighted by atomic mass is 16.2. The number of piperazine rings is 1. The second kappa shape index (κ2) is 8.68. The van der Waals surface area contributed by atoms with Gasteiger partial charge in [-0.2, -0.15) is 0 Å². The Morgan fingerprint density at radius 1 is 1.07 bits per heavy atom. The number of hydrogen-bond acceptors (Lipinski definition) is 2. The van der Waals surface area contributed by atoms with Gasteiger partial charge >= 0.3 is 6.03 Å². The Morgan fingerprint density at radius 3 is 2.39 bits per heavy atom. The molecular formula is C24H33N3O. The maximum atomic E-state index is 13.0. The number of rotatable bonds is 4. The highest BCUT2D eigenvalue weighted by Gasteiger charge is 2.23. The fourth-order valence-electron chi connectivity index (χ4n) is 4.04. The number of aryl methyl sites for hydroxylation is 3. The molecule has 28 heavy (non-hydrogen) atoms. The number of amides is 2. The molecule has 0 unspecified atom stereocenters. The minimum Gasteiger partial charge on any atom is -0.368 e. The summed E-state index contributed by atoms with van der Waals surface area (Å²) in [6, 6.07) is 12.9. The lowest BCUT2D eigenvalue weighted by Gasteiger charge is -2.37. The second-order valence-electron chi connectivity index (χ2n) is 8.08. The average molecular weight is 380 g/mol. The van der Waals surface area contributed by atoms with E-state index in [0.29, 0.717) is 5.92 Å². The van der Waals surface area contributed by atoms with E-state index in [2.05, 4.69) is 81.2 Å². The average Bonchev–Trinajstić information content (AvgIpc) is 2.68. The van der Waals surface area contributed by atoms with Crippen LogP contribution in [0.5, 0.6) is 0 Å². The van der Waals surface area contributed by atoms with Crippen LogP contribution in [-0.4, -0.2) is 37.1 Å². The molecule has 150 valence electrons. The predicted molar refractivity (Wildman–Crippen MR) is 119 cm³/mol. The van der Waals surface area contributed by atoms with Gasteiger partial charge in [-0.25, -0.2) is 4.79 Å². The molecule has 0 saturated carbocycles. The SMILES string of the molecule is CCc1cccc(C(C)C)c1NC(=O)N1CCN(c2ccc(C)cc2C)CC1. The first-order valence-electron chi connectivity index (χ1n) is 10.4. The molecule has 0 spiro atoms. The van der Waals surface area contributed by atoms with Crippen molar-refractivity contribution < 1.29 is 4.79 Å². The van der Waals surface area contributed by atoms with E-state index < -0.39 is 0 Å². The van der Waals surface area contributed by atoms with Crippen LogP contribution >= 0.6 is 0 Å². The largest absolute Gasteiger partial charge is 0.368 e. The zero-order valence-corrected chi connectivity index (χ0v) is 17.9. The maximum Gasteiger partial charge on any atom is 0.321 e. The van der Waals surface area contributed by atoms with E-state index in [4.69, 9.17) is 0 Å². The Morgan fingerprint density at radius 2 is 1.79 bits per heavy atom. The first-order valence-corrected chi connectivity index (χ1v) is 10.4.